The van der Waals surface area contributed by atoms with Crippen LogP contribution in [0.1, 0.15) is 17.8 Å². The second-order valence-corrected chi connectivity index (χ2v) is 4.82. The van der Waals surface area contributed by atoms with E-state index in [9.17, 15) is 0 Å². The summed E-state index contributed by atoms with van der Waals surface area (Å²) in [6.45, 7) is 1.42. The van der Waals surface area contributed by atoms with Gasteiger partial charge in [-0.05, 0) is 28.8 Å². The van der Waals surface area contributed by atoms with Crippen LogP contribution in [0.5, 0.6) is 0 Å². The van der Waals surface area contributed by atoms with Crippen molar-refractivity contribution in [2.45, 2.75) is 32.4 Å². The first kappa shape index (κ1) is 13.4. The molecule has 0 unspecified atom stereocenters. The quantitative estimate of drug-likeness (QED) is 0.650. The van der Waals surface area contributed by atoms with E-state index in [1.807, 2.05) is 10.7 Å². The van der Waals surface area contributed by atoms with Crippen molar-refractivity contribution in [2.75, 3.05) is 0 Å². The third kappa shape index (κ3) is 3.71. The van der Waals surface area contributed by atoms with Crippen molar-refractivity contribution in [3.8, 4) is 0 Å². The lowest BCUT2D eigenvalue weighted by Gasteiger charge is -2.05. The molecule has 108 valence electrons. The number of hydrogen-bond donors (Lipinski definition) is 0. The molecule has 3 aromatic rings. The van der Waals surface area contributed by atoms with Gasteiger partial charge in [0.2, 0.25) is 0 Å². The fraction of sp³-hybridized carbons (Fsp3) is 0.357. The van der Waals surface area contributed by atoms with Gasteiger partial charge in [0, 0.05) is 6.42 Å². The summed E-state index contributed by atoms with van der Waals surface area (Å²) >= 11 is 0. The lowest BCUT2D eigenvalue weighted by Crippen LogP contribution is -2.12. The average molecular weight is 283 g/mol. The van der Waals surface area contributed by atoms with Crippen LogP contribution in [-0.2, 0) is 25.9 Å². The first-order valence-electron chi connectivity index (χ1n) is 7.03. The Balaban J connectivity index is 1.51. The van der Waals surface area contributed by atoms with Crippen molar-refractivity contribution in [3.05, 3.63) is 54.4 Å². The van der Waals surface area contributed by atoms with E-state index in [0.717, 1.165) is 31.6 Å². The van der Waals surface area contributed by atoms with Gasteiger partial charge in [-0.3, -0.25) is 4.68 Å². The van der Waals surface area contributed by atoms with Crippen LogP contribution < -0.4 is 0 Å². The van der Waals surface area contributed by atoms with Crippen LogP contribution in [0.15, 0.2) is 43.0 Å². The van der Waals surface area contributed by atoms with E-state index in [4.69, 9.17) is 0 Å². The normalized spacial score (nSPS) is 10.9. The fourth-order valence-corrected chi connectivity index (χ4v) is 2.22. The van der Waals surface area contributed by atoms with Gasteiger partial charge in [0.05, 0.1) is 13.1 Å². The summed E-state index contributed by atoms with van der Waals surface area (Å²) in [5.74, 6) is 0.922. The molecule has 0 radical (unpaired) electrons. The van der Waals surface area contributed by atoms with E-state index in [0.29, 0.717) is 6.54 Å². The van der Waals surface area contributed by atoms with Crippen LogP contribution in [0.3, 0.4) is 0 Å². The Morgan fingerprint density at radius 2 is 1.90 bits per heavy atom. The summed E-state index contributed by atoms with van der Waals surface area (Å²) in [4.78, 5) is 3.92. The Kier molecular flexibility index (Phi) is 4.30. The predicted octanol–water partition coefficient (Wildman–Crippen LogP) is 1.14. The molecule has 0 aliphatic heterocycles. The first-order chi connectivity index (χ1) is 10.4. The highest BCUT2D eigenvalue weighted by atomic mass is 15.5. The SMILES string of the molecule is c1ccc(CCCc2nnnn2CCn2cncn2)cc1. The lowest BCUT2D eigenvalue weighted by molar-refractivity contribution is 0.474. The van der Waals surface area contributed by atoms with Crippen LogP contribution in [0.2, 0.25) is 0 Å². The number of nitrogens with zero attached hydrogens (tertiary/aromatic N) is 7. The number of rotatable bonds is 7. The smallest absolute Gasteiger partial charge is 0.151 e. The molecule has 0 atom stereocenters. The lowest BCUT2D eigenvalue weighted by atomic mass is 10.1. The molecular weight excluding hydrogens is 266 g/mol. The molecule has 0 saturated heterocycles. The number of hydrogen-bond acceptors (Lipinski definition) is 5. The van der Waals surface area contributed by atoms with Crippen LogP contribution in [-0.4, -0.2) is 35.0 Å². The van der Waals surface area contributed by atoms with Crippen molar-refractivity contribution in [2.24, 2.45) is 0 Å². The first-order valence-corrected chi connectivity index (χ1v) is 7.03. The Labute approximate surface area is 122 Å². The average Bonchev–Trinajstić information content (AvgIpc) is 3.17. The molecule has 21 heavy (non-hydrogen) atoms. The fourth-order valence-electron chi connectivity index (χ4n) is 2.22. The van der Waals surface area contributed by atoms with Crippen molar-refractivity contribution in [1.82, 2.24) is 35.0 Å². The summed E-state index contributed by atoms with van der Waals surface area (Å²) in [7, 11) is 0. The zero-order valence-electron chi connectivity index (χ0n) is 11.7. The van der Waals surface area contributed by atoms with Gasteiger partial charge in [-0.25, -0.2) is 9.67 Å². The molecule has 2 aromatic heterocycles. The van der Waals surface area contributed by atoms with Gasteiger partial charge in [0.15, 0.2) is 5.82 Å². The van der Waals surface area contributed by atoms with Crippen LogP contribution in [0, 0.1) is 0 Å². The molecule has 7 heteroatoms. The standard InChI is InChI=1S/C14H17N7/c1-2-5-13(6-3-1)7-4-8-14-17-18-19-21(14)10-9-20-12-15-11-16-20/h1-3,5-6,11-12H,4,7-10H2. The second kappa shape index (κ2) is 6.74. The monoisotopic (exact) mass is 283 g/mol. The zero-order chi connectivity index (χ0) is 14.3. The maximum atomic E-state index is 4.10. The third-order valence-electron chi connectivity index (χ3n) is 3.32. The predicted molar refractivity (Wildman–Crippen MR) is 76.3 cm³/mol. The maximum Gasteiger partial charge on any atom is 0.151 e. The van der Waals surface area contributed by atoms with Gasteiger partial charge in [-0.15, -0.1) is 5.10 Å². The molecule has 0 aliphatic rings. The summed E-state index contributed by atoms with van der Waals surface area (Å²) in [6, 6.07) is 10.5. The largest absolute Gasteiger partial charge is 0.251 e. The van der Waals surface area contributed by atoms with E-state index in [1.165, 1.54) is 11.9 Å². The molecule has 2 heterocycles. The molecule has 0 saturated carbocycles. The molecule has 0 spiro atoms. The Morgan fingerprint density at radius 1 is 1.00 bits per heavy atom. The van der Waals surface area contributed by atoms with Gasteiger partial charge >= 0.3 is 0 Å². The summed E-state index contributed by atoms with van der Waals surface area (Å²) in [5, 5.41) is 16.0. The summed E-state index contributed by atoms with van der Waals surface area (Å²) in [5.41, 5.74) is 1.35. The highest BCUT2D eigenvalue weighted by Crippen LogP contribution is 2.06. The molecule has 1 aromatic carbocycles. The van der Waals surface area contributed by atoms with E-state index >= 15 is 0 Å². The second-order valence-electron chi connectivity index (χ2n) is 4.82. The van der Waals surface area contributed by atoms with Crippen molar-refractivity contribution in [3.63, 3.8) is 0 Å². The maximum absolute atomic E-state index is 4.10. The third-order valence-corrected chi connectivity index (χ3v) is 3.32. The van der Waals surface area contributed by atoms with Crippen molar-refractivity contribution in [1.29, 1.82) is 0 Å². The van der Waals surface area contributed by atoms with Crippen molar-refractivity contribution < 1.29 is 0 Å². The Bertz CT molecular complexity index is 645. The molecule has 3 rings (SSSR count). The molecule has 0 aliphatic carbocycles. The van der Waals surface area contributed by atoms with Gasteiger partial charge in [0.1, 0.15) is 12.7 Å². The van der Waals surface area contributed by atoms with Gasteiger partial charge < -0.3 is 0 Å². The number of aryl methyl sites for hydroxylation is 4. The number of aromatic nitrogens is 7. The summed E-state index contributed by atoms with van der Waals surface area (Å²) < 4.78 is 3.61. The molecule has 0 amide bonds. The van der Waals surface area contributed by atoms with E-state index in [1.54, 1.807) is 11.0 Å². The van der Waals surface area contributed by atoms with Crippen LogP contribution in [0.25, 0.3) is 0 Å². The van der Waals surface area contributed by atoms with Crippen LogP contribution in [0.4, 0.5) is 0 Å². The molecule has 0 N–H and O–H groups in total. The minimum atomic E-state index is 0.705. The Hall–Kier alpha value is -2.57. The van der Waals surface area contributed by atoms with Gasteiger partial charge in [0.25, 0.3) is 0 Å². The minimum Gasteiger partial charge on any atom is -0.251 e. The van der Waals surface area contributed by atoms with E-state index in [2.05, 4.69) is 49.9 Å². The number of tetrazole rings is 1. The van der Waals surface area contributed by atoms with Gasteiger partial charge in [-0.2, -0.15) is 5.10 Å². The zero-order valence-corrected chi connectivity index (χ0v) is 11.7. The van der Waals surface area contributed by atoms with Crippen LogP contribution >= 0.6 is 0 Å². The minimum absolute atomic E-state index is 0.705. The molecule has 0 bridgehead atoms. The summed E-state index contributed by atoms with van der Waals surface area (Å²) in [6.07, 6.45) is 6.17. The van der Waals surface area contributed by atoms with Crippen molar-refractivity contribution >= 4 is 0 Å². The topological polar surface area (TPSA) is 74.3 Å². The number of benzene rings is 1. The molecule has 7 nitrogen and oxygen atoms in total. The molecular formula is C14H17N7. The van der Waals surface area contributed by atoms with E-state index < -0.39 is 0 Å². The van der Waals surface area contributed by atoms with Gasteiger partial charge in [-0.1, -0.05) is 30.3 Å². The highest BCUT2D eigenvalue weighted by Gasteiger charge is 2.06. The highest BCUT2D eigenvalue weighted by molar-refractivity contribution is 5.14. The molecule has 0 fully saturated rings. The van der Waals surface area contributed by atoms with E-state index in [-0.39, 0.29) is 0 Å². The Morgan fingerprint density at radius 3 is 2.71 bits per heavy atom.